The third kappa shape index (κ3) is 3.33. The summed E-state index contributed by atoms with van der Waals surface area (Å²) < 4.78 is 13.4. The molecule has 1 aromatic carbocycles. The molecule has 4 nitrogen and oxygen atoms in total. The zero-order chi connectivity index (χ0) is 17.3. The Balaban J connectivity index is 1.86. The van der Waals surface area contributed by atoms with Crippen LogP contribution in [0.15, 0.2) is 35.7 Å². The molecular weight excluding hydrogens is 327 g/mol. The van der Waals surface area contributed by atoms with Crippen LogP contribution in [0.4, 0.5) is 10.1 Å². The van der Waals surface area contributed by atoms with E-state index in [4.69, 9.17) is 0 Å². The second kappa shape index (κ2) is 6.73. The molecule has 126 valence electrons. The number of amides is 2. The van der Waals surface area contributed by atoms with Crippen molar-refractivity contribution in [1.29, 1.82) is 0 Å². The van der Waals surface area contributed by atoms with E-state index in [2.05, 4.69) is 10.6 Å². The van der Waals surface area contributed by atoms with Crippen LogP contribution >= 0.6 is 11.3 Å². The van der Waals surface area contributed by atoms with E-state index in [-0.39, 0.29) is 30.2 Å². The molecule has 0 fully saturated rings. The van der Waals surface area contributed by atoms with Crippen molar-refractivity contribution in [2.45, 2.75) is 32.2 Å². The molecule has 2 N–H and O–H groups in total. The highest BCUT2D eigenvalue weighted by Gasteiger charge is 2.32. The summed E-state index contributed by atoms with van der Waals surface area (Å²) in [5.41, 5.74) is 1.03. The van der Waals surface area contributed by atoms with Crippen LogP contribution in [0, 0.1) is 11.7 Å². The van der Waals surface area contributed by atoms with Crippen molar-refractivity contribution in [1.82, 2.24) is 5.32 Å². The molecule has 0 saturated heterocycles. The zero-order valence-corrected chi connectivity index (χ0v) is 14.3. The van der Waals surface area contributed by atoms with Gasteiger partial charge in [0.1, 0.15) is 5.82 Å². The Morgan fingerprint density at radius 3 is 2.83 bits per heavy atom. The van der Waals surface area contributed by atoms with Crippen molar-refractivity contribution in [3.63, 3.8) is 0 Å². The standard InChI is InChI=1S/C18H19FN2O2S/c1-10(2)17(15-4-3-7-24-15)21-18(23)13-9-16(22)20-14-8-11(19)5-6-12(13)14/h3-8,10,13,17H,9H2,1-2H3,(H,20,22)(H,21,23). The van der Waals surface area contributed by atoms with Crippen molar-refractivity contribution < 1.29 is 14.0 Å². The van der Waals surface area contributed by atoms with Gasteiger partial charge >= 0.3 is 0 Å². The molecular formula is C18H19FN2O2S. The molecule has 2 aromatic rings. The summed E-state index contributed by atoms with van der Waals surface area (Å²) in [5, 5.41) is 7.67. The first-order valence-electron chi connectivity index (χ1n) is 7.88. The predicted octanol–water partition coefficient (Wildman–Crippen LogP) is 3.83. The van der Waals surface area contributed by atoms with Gasteiger partial charge in [-0.2, -0.15) is 0 Å². The van der Waals surface area contributed by atoms with Gasteiger partial charge in [0.05, 0.1) is 12.0 Å². The average Bonchev–Trinajstić information content (AvgIpc) is 3.04. The van der Waals surface area contributed by atoms with Crippen LogP contribution in [-0.2, 0) is 9.59 Å². The molecule has 0 radical (unpaired) electrons. The Bertz CT molecular complexity index is 758. The molecule has 2 amide bonds. The number of hydrogen-bond donors (Lipinski definition) is 2. The van der Waals surface area contributed by atoms with Crippen LogP contribution in [0.5, 0.6) is 0 Å². The maximum absolute atomic E-state index is 13.4. The summed E-state index contributed by atoms with van der Waals surface area (Å²) in [5.74, 6) is -1.29. The second-order valence-corrected chi connectivity index (χ2v) is 7.26. The minimum atomic E-state index is -0.601. The Hall–Kier alpha value is -2.21. The SMILES string of the molecule is CC(C)C(NC(=O)C1CC(=O)Nc2cc(F)ccc21)c1cccs1. The summed E-state index contributed by atoms with van der Waals surface area (Å²) in [6.45, 7) is 4.09. The van der Waals surface area contributed by atoms with Crippen molar-refractivity contribution >= 4 is 28.8 Å². The lowest BCUT2D eigenvalue weighted by molar-refractivity contribution is -0.127. The smallest absolute Gasteiger partial charge is 0.228 e. The van der Waals surface area contributed by atoms with E-state index in [1.54, 1.807) is 17.4 Å². The first kappa shape index (κ1) is 16.6. The lowest BCUT2D eigenvalue weighted by atomic mass is 9.89. The number of rotatable bonds is 4. The predicted molar refractivity (Wildman–Crippen MR) is 92.4 cm³/mol. The number of benzene rings is 1. The van der Waals surface area contributed by atoms with Crippen molar-refractivity contribution in [3.05, 3.63) is 52.0 Å². The van der Waals surface area contributed by atoms with Gasteiger partial charge < -0.3 is 10.6 Å². The van der Waals surface area contributed by atoms with E-state index in [1.165, 1.54) is 12.1 Å². The highest BCUT2D eigenvalue weighted by Crippen LogP contribution is 2.34. The van der Waals surface area contributed by atoms with E-state index in [0.29, 0.717) is 11.3 Å². The number of thiophene rings is 1. The largest absolute Gasteiger partial charge is 0.348 e. The third-order valence-corrected chi connectivity index (χ3v) is 5.14. The molecule has 1 aliphatic rings. The zero-order valence-electron chi connectivity index (χ0n) is 13.5. The first-order chi connectivity index (χ1) is 11.5. The molecule has 24 heavy (non-hydrogen) atoms. The molecule has 0 aliphatic carbocycles. The molecule has 2 unspecified atom stereocenters. The Morgan fingerprint density at radius 1 is 1.38 bits per heavy atom. The molecule has 0 saturated carbocycles. The van der Waals surface area contributed by atoms with E-state index in [9.17, 15) is 14.0 Å². The molecule has 1 aromatic heterocycles. The minimum absolute atomic E-state index is 0.0692. The van der Waals surface area contributed by atoms with Gasteiger partial charge in [0, 0.05) is 17.0 Å². The molecule has 6 heteroatoms. The van der Waals surface area contributed by atoms with Gasteiger partial charge in [-0.15, -0.1) is 11.3 Å². The van der Waals surface area contributed by atoms with Gasteiger partial charge in [0.2, 0.25) is 11.8 Å². The normalized spacial score (nSPS) is 18.0. The van der Waals surface area contributed by atoms with Crippen molar-refractivity contribution in [3.8, 4) is 0 Å². The van der Waals surface area contributed by atoms with Crippen molar-refractivity contribution in [2.75, 3.05) is 5.32 Å². The maximum atomic E-state index is 13.4. The van der Waals surface area contributed by atoms with E-state index < -0.39 is 11.7 Å². The van der Waals surface area contributed by atoms with Gasteiger partial charge in [-0.25, -0.2) is 4.39 Å². The molecule has 1 aliphatic heterocycles. The van der Waals surface area contributed by atoms with Crippen LogP contribution in [0.2, 0.25) is 0 Å². The highest BCUT2D eigenvalue weighted by atomic mass is 32.1. The summed E-state index contributed by atoms with van der Waals surface area (Å²) >= 11 is 1.59. The number of carbonyl (C=O) groups is 2. The summed E-state index contributed by atoms with van der Waals surface area (Å²) in [6, 6.07) is 7.98. The number of fused-ring (bicyclic) bond motifs is 1. The fraction of sp³-hybridized carbons (Fsp3) is 0.333. The monoisotopic (exact) mass is 346 g/mol. The number of halogens is 1. The van der Waals surface area contributed by atoms with Gasteiger partial charge in [-0.05, 0) is 35.1 Å². The summed E-state index contributed by atoms with van der Waals surface area (Å²) in [7, 11) is 0. The maximum Gasteiger partial charge on any atom is 0.228 e. The number of anilines is 1. The minimum Gasteiger partial charge on any atom is -0.348 e. The van der Waals surface area contributed by atoms with Gasteiger partial charge in [-0.1, -0.05) is 26.0 Å². The molecule has 3 rings (SSSR count). The van der Waals surface area contributed by atoms with Crippen LogP contribution in [0.1, 0.15) is 42.7 Å². The average molecular weight is 346 g/mol. The molecule has 0 bridgehead atoms. The summed E-state index contributed by atoms with van der Waals surface area (Å²) in [6.07, 6.45) is 0.0692. The number of hydrogen-bond acceptors (Lipinski definition) is 3. The van der Waals surface area contributed by atoms with Crippen molar-refractivity contribution in [2.24, 2.45) is 5.92 Å². The van der Waals surface area contributed by atoms with Crippen LogP contribution in [0.3, 0.4) is 0 Å². The summed E-state index contributed by atoms with van der Waals surface area (Å²) in [4.78, 5) is 25.8. The number of carbonyl (C=O) groups excluding carboxylic acids is 2. The number of nitrogens with one attached hydrogen (secondary N) is 2. The van der Waals surface area contributed by atoms with Crippen LogP contribution in [-0.4, -0.2) is 11.8 Å². The van der Waals surface area contributed by atoms with Crippen LogP contribution < -0.4 is 10.6 Å². The Morgan fingerprint density at radius 2 is 2.17 bits per heavy atom. The molecule has 2 atom stereocenters. The lowest BCUT2D eigenvalue weighted by Gasteiger charge is -2.28. The van der Waals surface area contributed by atoms with E-state index >= 15 is 0 Å². The third-order valence-electron chi connectivity index (χ3n) is 4.18. The van der Waals surface area contributed by atoms with Gasteiger partial charge in [0.15, 0.2) is 0 Å². The second-order valence-electron chi connectivity index (χ2n) is 6.28. The fourth-order valence-electron chi connectivity index (χ4n) is 2.96. The highest BCUT2D eigenvalue weighted by molar-refractivity contribution is 7.10. The van der Waals surface area contributed by atoms with E-state index in [1.807, 2.05) is 31.4 Å². The fourth-order valence-corrected chi connectivity index (χ4v) is 3.91. The molecule has 0 spiro atoms. The van der Waals surface area contributed by atoms with Gasteiger partial charge in [0.25, 0.3) is 0 Å². The van der Waals surface area contributed by atoms with E-state index in [0.717, 1.165) is 4.88 Å². The first-order valence-corrected chi connectivity index (χ1v) is 8.76. The quantitative estimate of drug-likeness (QED) is 0.884. The van der Waals surface area contributed by atoms with Gasteiger partial charge in [-0.3, -0.25) is 9.59 Å². The molecule has 2 heterocycles. The topological polar surface area (TPSA) is 58.2 Å². The Labute approximate surface area is 144 Å². The van der Waals surface area contributed by atoms with Crippen LogP contribution in [0.25, 0.3) is 0 Å². The lowest BCUT2D eigenvalue weighted by Crippen LogP contribution is -2.38. The Kier molecular flexibility index (Phi) is 4.66.